The second-order valence-electron chi connectivity index (χ2n) is 3.78. The minimum atomic E-state index is 0.780. The number of hydrogen-bond donors (Lipinski definition) is 1. The minimum absolute atomic E-state index is 0.780. The van der Waals surface area contributed by atoms with Crippen molar-refractivity contribution in [2.24, 2.45) is 5.73 Å². The number of aryl methyl sites for hydroxylation is 2. The fourth-order valence-electron chi connectivity index (χ4n) is 1.53. The average Bonchev–Trinajstić information content (AvgIpc) is 2.87. The average molecular weight is 252 g/mol. The van der Waals surface area contributed by atoms with Gasteiger partial charge in [-0.25, -0.2) is 4.98 Å². The summed E-state index contributed by atoms with van der Waals surface area (Å²) in [4.78, 5) is 7.27. The van der Waals surface area contributed by atoms with Crippen molar-refractivity contribution < 1.29 is 0 Å². The van der Waals surface area contributed by atoms with Crippen LogP contribution in [0.1, 0.15) is 22.7 Å². The van der Waals surface area contributed by atoms with Crippen LogP contribution in [0.3, 0.4) is 0 Å². The molecule has 0 aliphatic carbocycles. The second kappa shape index (κ2) is 5.57. The van der Waals surface area contributed by atoms with Gasteiger partial charge in [0.2, 0.25) is 0 Å². The van der Waals surface area contributed by atoms with Gasteiger partial charge >= 0.3 is 0 Å². The van der Waals surface area contributed by atoms with Gasteiger partial charge in [-0.3, -0.25) is 0 Å². The summed E-state index contributed by atoms with van der Waals surface area (Å²) in [5.74, 6) is 0. The van der Waals surface area contributed by atoms with Gasteiger partial charge in [-0.05, 0) is 44.9 Å². The zero-order valence-electron chi connectivity index (χ0n) is 9.40. The quantitative estimate of drug-likeness (QED) is 0.828. The smallest absolute Gasteiger partial charge is 0.0932 e. The molecule has 2 nitrogen and oxygen atoms in total. The Morgan fingerprint density at radius 3 is 2.88 bits per heavy atom. The van der Waals surface area contributed by atoms with E-state index >= 15 is 0 Å². The van der Waals surface area contributed by atoms with Gasteiger partial charge in [0.1, 0.15) is 0 Å². The topological polar surface area (TPSA) is 38.9 Å². The Morgan fingerprint density at radius 2 is 2.19 bits per heavy atom. The van der Waals surface area contributed by atoms with Gasteiger partial charge in [0.05, 0.1) is 15.6 Å². The van der Waals surface area contributed by atoms with Crippen molar-refractivity contribution in [3.8, 4) is 10.6 Å². The van der Waals surface area contributed by atoms with Crippen LogP contribution in [-0.2, 0) is 6.42 Å². The molecule has 0 fully saturated rings. The third-order valence-electron chi connectivity index (χ3n) is 2.39. The first-order valence-corrected chi connectivity index (χ1v) is 7.20. The maximum Gasteiger partial charge on any atom is 0.0932 e. The van der Waals surface area contributed by atoms with Crippen molar-refractivity contribution in [3.05, 3.63) is 27.4 Å². The molecular weight excluding hydrogens is 236 g/mol. The number of nitrogens with zero attached hydrogens (tertiary/aromatic N) is 1. The SMILES string of the molecule is Cc1ccc(-c2csc(CCCCN)n2)s1. The molecule has 0 radical (unpaired) electrons. The van der Waals surface area contributed by atoms with Crippen LogP contribution < -0.4 is 5.73 Å². The molecular formula is C12H16N2S2. The first-order chi connectivity index (χ1) is 7.79. The number of unbranched alkanes of at least 4 members (excludes halogenated alkanes) is 1. The predicted molar refractivity (Wildman–Crippen MR) is 72.2 cm³/mol. The van der Waals surface area contributed by atoms with Gasteiger partial charge in [-0.1, -0.05) is 0 Å². The van der Waals surface area contributed by atoms with Crippen molar-refractivity contribution in [2.75, 3.05) is 6.54 Å². The van der Waals surface area contributed by atoms with Crippen molar-refractivity contribution in [3.63, 3.8) is 0 Å². The molecule has 2 heterocycles. The van der Waals surface area contributed by atoms with E-state index in [9.17, 15) is 0 Å². The Labute approximate surface area is 104 Å². The van der Waals surface area contributed by atoms with E-state index in [2.05, 4.69) is 29.4 Å². The van der Waals surface area contributed by atoms with Gasteiger partial charge < -0.3 is 5.73 Å². The third-order valence-corrected chi connectivity index (χ3v) is 4.32. The first kappa shape index (κ1) is 11.8. The van der Waals surface area contributed by atoms with Crippen molar-refractivity contribution >= 4 is 22.7 Å². The Hall–Kier alpha value is -0.710. The molecule has 0 atom stereocenters. The molecule has 0 saturated heterocycles. The van der Waals surface area contributed by atoms with E-state index in [0.717, 1.165) is 31.5 Å². The van der Waals surface area contributed by atoms with E-state index < -0.39 is 0 Å². The Morgan fingerprint density at radius 1 is 1.31 bits per heavy atom. The highest BCUT2D eigenvalue weighted by Gasteiger charge is 2.06. The van der Waals surface area contributed by atoms with E-state index in [-0.39, 0.29) is 0 Å². The predicted octanol–water partition coefficient (Wildman–Crippen LogP) is 3.46. The maximum atomic E-state index is 5.48. The van der Waals surface area contributed by atoms with Crippen molar-refractivity contribution in [1.29, 1.82) is 0 Å². The summed E-state index contributed by atoms with van der Waals surface area (Å²) in [6, 6.07) is 4.30. The van der Waals surface area contributed by atoms with Gasteiger partial charge in [-0.15, -0.1) is 22.7 Å². The van der Waals surface area contributed by atoms with E-state index in [4.69, 9.17) is 5.73 Å². The molecule has 4 heteroatoms. The summed E-state index contributed by atoms with van der Waals surface area (Å²) in [6.45, 7) is 2.91. The fraction of sp³-hybridized carbons (Fsp3) is 0.417. The highest BCUT2D eigenvalue weighted by Crippen LogP contribution is 2.28. The number of aromatic nitrogens is 1. The second-order valence-corrected chi connectivity index (χ2v) is 6.01. The molecule has 0 aliphatic heterocycles. The van der Waals surface area contributed by atoms with Crippen LogP contribution in [0.4, 0.5) is 0 Å². The summed E-state index contributed by atoms with van der Waals surface area (Å²) in [6.07, 6.45) is 3.30. The number of hydrogen-bond acceptors (Lipinski definition) is 4. The van der Waals surface area contributed by atoms with Gasteiger partial charge in [-0.2, -0.15) is 0 Å². The molecule has 0 aromatic carbocycles. The highest BCUT2D eigenvalue weighted by atomic mass is 32.1. The van der Waals surface area contributed by atoms with Crippen molar-refractivity contribution in [1.82, 2.24) is 4.98 Å². The fourth-order valence-corrected chi connectivity index (χ4v) is 3.28. The first-order valence-electron chi connectivity index (χ1n) is 5.51. The van der Waals surface area contributed by atoms with Crippen LogP contribution in [0, 0.1) is 6.92 Å². The van der Waals surface area contributed by atoms with Crippen LogP contribution in [0.15, 0.2) is 17.5 Å². The normalized spacial score (nSPS) is 10.9. The molecule has 0 amide bonds. The molecule has 16 heavy (non-hydrogen) atoms. The standard InChI is InChI=1S/C12H16N2S2/c1-9-5-6-11(16-9)10-8-15-12(14-10)4-2-3-7-13/h5-6,8H,2-4,7,13H2,1H3. The number of nitrogens with two attached hydrogens (primary N) is 1. The number of thiophene rings is 1. The molecule has 2 N–H and O–H groups in total. The molecule has 0 aliphatic rings. The van der Waals surface area contributed by atoms with E-state index in [1.807, 2.05) is 0 Å². The van der Waals surface area contributed by atoms with E-state index in [1.54, 1.807) is 22.7 Å². The molecule has 86 valence electrons. The Kier molecular flexibility index (Phi) is 4.09. The van der Waals surface area contributed by atoms with Gasteiger partial charge in [0.25, 0.3) is 0 Å². The lowest BCUT2D eigenvalue weighted by atomic mass is 10.2. The highest BCUT2D eigenvalue weighted by molar-refractivity contribution is 7.16. The number of rotatable bonds is 5. The van der Waals surface area contributed by atoms with Crippen LogP contribution >= 0.6 is 22.7 Å². The minimum Gasteiger partial charge on any atom is -0.330 e. The molecule has 0 spiro atoms. The third kappa shape index (κ3) is 2.90. The summed E-state index contributed by atoms with van der Waals surface area (Å²) in [5, 5.41) is 3.39. The molecule has 0 unspecified atom stereocenters. The maximum absolute atomic E-state index is 5.48. The van der Waals surface area contributed by atoms with Crippen LogP contribution in [0.25, 0.3) is 10.6 Å². The summed E-state index contributed by atoms with van der Waals surface area (Å²) in [7, 11) is 0. The van der Waals surface area contributed by atoms with Gasteiger partial charge in [0, 0.05) is 10.3 Å². The lowest BCUT2D eigenvalue weighted by Gasteiger charge is -1.94. The van der Waals surface area contributed by atoms with Crippen LogP contribution in [0.2, 0.25) is 0 Å². The monoisotopic (exact) mass is 252 g/mol. The number of thiazole rings is 1. The zero-order valence-corrected chi connectivity index (χ0v) is 11.0. The lowest BCUT2D eigenvalue weighted by Crippen LogP contribution is -1.98. The lowest BCUT2D eigenvalue weighted by molar-refractivity contribution is 0.742. The largest absolute Gasteiger partial charge is 0.330 e. The molecule has 2 aromatic rings. The molecule has 0 bridgehead atoms. The van der Waals surface area contributed by atoms with E-state index in [0.29, 0.717) is 0 Å². The summed E-state index contributed by atoms with van der Waals surface area (Å²) in [5.41, 5.74) is 6.61. The van der Waals surface area contributed by atoms with Crippen LogP contribution in [-0.4, -0.2) is 11.5 Å². The zero-order chi connectivity index (χ0) is 11.4. The Bertz CT molecular complexity index is 445. The van der Waals surface area contributed by atoms with Crippen LogP contribution in [0.5, 0.6) is 0 Å². The molecule has 2 rings (SSSR count). The van der Waals surface area contributed by atoms with E-state index in [1.165, 1.54) is 14.8 Å². The van der Waals surface area contributed by atoms with Crippen molar-refractivity contribution in [2.45, 2.75) is 26.2 Å². The molecule has 2 aromatic heterocycles. The molecule has 0 saturated carbocycles. The summed E-state index contributed by atoms with van der Waals surface area (Å²) >= 11 is 3.57. The summed E-state index contributed by atoms with van der Waals surface area (Å²) < 4.78 is 0. The Balaban J connectivity index is 2.02. The van der Waals surface area contributed by atoms with Gasteiger partial charge in [0.15, 0.2) is 0 Å².